The molecule has 1 aliphatic rings. The monoisotopic (exact) mass is 601 g/mol. The highest BCUT2D eigenvalue weighted by molar-refractivity contribution is 6.04. The van der Waals surface area contributed by atoms with Gasteiger partial charge in [0.1, 0.15) is 5.75 Å². The highest BCUT2D eigenvalue weighted by Gasteiger charge is 2.18. The zero-order valence-electron chi connectivity index (χ0n) is 26.4. The highest BCUT2D eigenvalue weighted by Crippen LogP contribution is 2.34. The number of ether oxygens (including phenoxy) is 2. The van der Waals surface area contributed by atoms with Crippen LogP contribution in [0.15, 0.2) is 66.7 Å². The highest BCUT2D eigenvalue weighted by atomic mass is 16.5. The Labute approximate surface area is 261 Å². The van der Waals surface area contributed by atoms with E-state index in [1.165, 1.54) is 25.9 Å². The minimum Gasteiger partial charge on any atom is -0.490 e. The van der Waals surface area contributed by atoms with Gasteiger partial charge in [0.05, 0.1) is 6.61 Å². The fraction of sp³-hybridized carbons (Fsp3) is 0.429. The molecule has 44 heavy (non-hydrogen) atoms. The lowest BCUT2D eigenvalue weighted by Crippen LogP contribution is -2.37. The van der Waals surface area contributed by atoms with Gasteiger partial charge in [-0.15, -0.1) is 0 Å². The van der Waals surface area contributed by atoms with Crippen molar-refractivity contribution in [2.75, 3.05) is 48.7 Å². The van der Waals surface area contributed by atoms with Gasteiger partial charge in [0.25, 0.3) is 5.91 Å². The van der Waals surface area contributed by atoms with Gasteiger partial charge in [-0.05, 0) is 119 Å². The fourth-order valence-corrected chi connectivity index (χ4v) is 5.23. The van der Waals surface area contributed by atoms with Gasteiger partial charge in [-0.1, -0.05) is 20.8 Å². The largest absolute Gasteiger partial charge is 0.490 e. The molecule has 3 aromatic carbocycles. The van der Waals surface area contributed by atoms with E-state index in [4.69, 9.17) is 9.47 Å². The lowest BCUT2D eigenvalue weighted by atomic mass is 9.97. The zero-order chi connectivity index (χ0) is 31.3. The van der Waals surface area contributed by atoms with Crippen LogP contribution in [0.1, 0.15) is 63.7 Å². The van der Waals surface area contributed by atoms with Gasteiger partial charge in [-0.3, -0.25) is 4.79 Å². The number of rotatable bonds is 14. The average molecular weight is 602 g/mol. The number of carbonyl (C=O) groups is 2. The predicted molar refractivity (Wildman–Crippen MR) is 178 cm³/mol. The van der Waals surface area contributed by atoms with E-state index in [-0.39, 0.29) is 18.0 Å². The molecular formula is C35H47N5O4. The third kappa shape index (κ3) is 9.64. The Kier molecular flexibility index (Phi) is 12.3. The molecule has 236 valence electrons. The van der Waals surface area contributed by atoms with Crippen LogP contribution in [0.25, 0.3) is 0 Å². The first-order valence-electron chi connectivity index (χ1n) is 15.9. The lowest BCUT2D eigenvalue weighted by Gasteiger charge is -2.31. The summed E-state index contributed by atoms with van der Waals surface area (Å²) in [7, 11) is 0. The number of nitrogens with one attached hydrogen (secondary N) is 4. The Morgan fingerprint density at radius 1 is 0.818 bits per heavy atom. The molecule has 0 aromatic heterocycles. The van der Waals surface area contributed by atoms with E-state index in [0.717, 1.165) is 31.6 Å². The maximum Gasteiger partial charge on any atom is 0.319 e. The normalized spacial score (nSPS) is 13.8. The Hall–Kier alpha value is -4.24. The van der Waals surface area contributed by atoms with Crippen LogP contribution in [0, 0.1) is 5.92 Å². The SMILES string of the molecule is CCOc1cc(NC(=O)NC(CC)CC)ccc1Oc1ccc(NC(=O)c2ccc(NCC3CCN(CC)CC3)cc2)cc1. The van der Waals surface area contributed by atoms with E-state index >= 15 is 0 Å². The minimum atomic E-state index is -0.251. The van der Waals surface area contributed by atoms with Gasteiger partial charge in [-0.25, -0.2) is 4.79 Å². The molecule has 1 saturated heterocycles. The van der Waals surface area contributed by atoms with Crippen LogP contribution in [0.3, 0.4) is 0 Å². The van der Waals surface area contributed by atoms with Crippen molar-refractivity contribution in [3.63, 3.8) is 0 Å². The Balaban J connectivity index is 1.29. The molecule has 0 spiro atoms. The van der Waals surface area contributed by atoms with Crippen LogP contribution in [0.5, 0.6) is 17.2 Å². The first-order valence-corrected chi connectivity index (χ1v) is 15.9. The summed E-state index contributed by atoms with van der Waals surface area (Å²) in [6.45, 7) is 13.1. The number of hydrogen-bond donors (Lipinski definition) is 4. The summed E-state index contributed by atoms with van der Waals surface area (Å²) in [5.41, 5.74) is 2.90. The van der Waals surface area contributed by atoms with Gasteiger partial charge in [-0.2, -0.15) is 0 Å². The van der Waals surface area contributed by atoms with Crippen molar-refractivity contribution >= 4 is 29.0 Å². The molecular weight excluding hydrogens is 554 g/mol. The second kappa shape index (κ2) is 16.6. The maximum absolute atomic E-state index is 12.9. The Morgan fingerprint density at radius 3 is 2.11 bits per heavy atom. The van der Waals surface area contributed by atoms with Crippen LogP contribution in [-0.4, -0.2) is 55.7 Å². The number of carbonyl (C=O) groups excluding carboxylic acids is 2. The van der Waals surface area contributed by atoms with Gasteiger partial charge in [0.15, 0.2) is 11.5 Å². The summed E-state index contributed by atoms with van der Waals surface area (Å²) in [6.07, 6.45) is 4.18. The standard InChI is InChI=1S/C35H47N5O4/c1-5-27(6-2)38-35(42)39-30-15-18-32(33(23-30)43-8-4)44-31-16-13-29(14-17-31)37-34(41)26-9-11-28(12-10-26)36-24-25-19-21-40(7-3)22-20-25/h9-18,23,25,27,36H,5-8,19-22,24H2,1-4H3,(H,37,41)(H2,38,39,42). The summed E-state index contributed by atoms with van der Waals surface area (Å²) in [5, 5.41) is 12.3. The molecule has 3 amide bonds. The van der Waals surface area contributed by atoms with E-state index < -0.39 is 0 Å². The van der Waals surface area contributed by atoms with Crippen LogP contribution in [0.2, 0.25) is 0 Å². The van der Waals surface area contributed by atoms with Crippen molar-refractivity contribution in [3.8, 4) is 17.2 Å². The third-order valence-electron chi connectivity index (χ3n) is 8.06. The van der Waals surface area contributed by atoms with Crippen molar-refractivity contribution in [1.29, 1.82) is 0 Å². The zero-order valence-corrected chi connectivity index (χ0v) is 26.4. The van der Waals surface area contributed by atoms with E-state index in [2.05, 4.69) is 33.1 Å². The summed E-state index contributed by atoms with van der Waals surface area (Å²) in [6, 6.07) is 20.0. The van der Waals surface area contributed by atoms with Crippen LogP contribution >= 0.6 is 0 Å². The van der Waals surface area contributed by atoms with Crippen LogP contribution < -0.4 is 30.7 Å². The number of nitrogens with zero attached hydrogens (tertiary/aromatic N) is 1. The van der Waals surface area contributed by atoms with Gasteiger partial charge in [0.2, 0.25) is 0 Å². The van der Waals surface area contributed by atoms with E-state index in [0.29, 0.717) is 46.7 Å². The third-order valence-corrected chi connectivity index (χ3v) is 8.06. The van der Waals surface area contributed by atoms with Crippen molar-refractivity contribution in [1.82, 2.24) is 10.2 Å². The number of anilines is 3. The van der Waals surface area contributed by atoms with Crippen LogP contribution in [0.4, 0.5) is 21.9 Å². The topological polar surface area (TPSA) is 104 Å². The number of likely N-dealkylation sites (tertiary alicyclic amines) is 1. The molecule has 0 aliphatic carbocycles. The number of benzene rings is 3. The molecule has 0 radical (unpaired) electrons. The summed E-state index contributed by atoms with van der Waals surface area (Å²) < 4.78 is 11.9. The van der Waals surface area contributed by atoms with Gasteiger partial charge >= 0.3 is 6.03 Å². The summed E-state index contributed by atoms with van der Waals surface area (Å²) in [4.78, 5) is 27.7. The molecule has 1 fully saturated rings. The predicted octanol–water partition coefficient (Wildman–Crippen LogP) is 7.58. The first kappa shape index (κ1) is 32.7. The smallest absolute Gasteiger partial charge is 0.319 e. The number of amides is 3. The molecule has 0 bridgehead atoms. The minimum absolute atomic E-state index is 0.128. The molecule has 9 nitrogen and oxygen atoms in total. The quantitative estimate of drug-likeness (QED) is 0.152. The average Bonchev–Trinajstić information content (AvgIpc) is 3.05. The molecule has 0 saturated carbocycles. The van der Waals surface area contributed by atoms with Crippen molar-refractivity contribution < 1.29 is 19.1 Å². The second-order valence-corrected chi connectivity index (χ2v) is 11.1. The molecule has 1 aliphatic heterocycles. The summed E-state index contributed by atoms with van der Waals surface area (Å²) in [5.74, 6) is 2.14. The van der Waals surface area contributed by atoms with Crippen molar-refractivity contribution in [2.45, 2.75) is 59.4 Å². The first-order chi connectivity index (χ1) is 21.4. The molecule has 9 heteroatoms. The number of urea groups is 1. The molecule has 3 aromatic rings. The number of hydrogen-bond acceptors (Lipinski definition) is 6. The van der Waals surface area contributed by atoms with Gasteiger partial charge in [0, 0.05) is 41.3 Å². The van der Waals surface area contributed by atoms with Crippen molar-refractivity contribution in [3.05, 3.63) is 72.3 Å². The maximum atomic E-state index is 12.9. The molecule has 4 rings (SSSR count). The Bertz CT molecular complexity index is 1330. The lowest BCUT2D eigenvalue weighted by molar-refractivity contribution is 0.102. The Morgan fingerprint density at radius 2 is 1.48 bits per heavy atom. The van der Waals surface area contributed by atoms with E-state index in [1.54, 1.807) is 42.5 Å². The van der Waals surface area contributed by atoms with Gasteiger partial charge < -0.3 is 35.6 Å². The summed E-state index contributed by atoms with van der Waals surface area (Å²) >= 11 is 0. The molecule has 4 N–H and O–H groups in total. The van der Waals surface area contributed by atoms with E-state index in [1.807, 2.05) is 45.0 Å². The second-order valence-electron chi connectivity index (χ2n) is 11.1. The van der Waals surface area contributed by atoms with Crippen LogP contribution in [-0.2, 0) is 0 Å². The molecule has 0 unspecified atom stereocenters. The fourth-order valence-electron chi connectivity index (χ4n) is 5.23. The number of piperidine rings is 1. The van der Waals surface area contributed by atoms with E-state index in [9.17, 15) is 9.59 Å². The molecule has 0 atom stereocenters. The molecule has 1 heterocycles. The van der Waals surface area contributed by atoms with Crippen molar-refractivity contribution in [2.24, 2.45) is 5.92 Å².